The lowest BCUT2D eigenvalue weighted by molar-refractivity contribution is 0.107. The molecular formula is C26H29BBrClN3O. The van der Waals surface area contributed by atoms with Crippen molar-refractivity contribution in [1.82, 2.24) is 14.8 Å². The van der Waals surface area contributed by atoms with Gasteiger partial charge in [0.05, 0.1) is 0 Å². The fourth-order valence-electron chi connectivity index (χ4n) is 4.22. The van der Waals surface area contributed by atoms with Crippen molar-refractivity contribution in [3.63, 3.8) is 0 Å². The SMILES string of the molecule is CN1CCN(CCCC[B]C(=O)c2c(/C=C/c3ccc(Cl)cc3)[nH]c3cc(Br)ccc23)CC1. The minimum atomic E-state index is 0.0823. The fourth-order valence-corrected chi connectivity index (χ4v) is 4.71. The van der Waals surface area contributed by atoms with Crippen LogP contribution in [-0.4, -0.2) is 67.5 Å². The van der Waals surface area contributed by atoms with Gasteiger partial charge in [-0.2, -0.15) is 0 Å². The van der Waals surface area contributed by atoms with Crippen LogP contribution in [0, 0.1) is 0 Å². The van der Waals surface area contributed by atoms with Crippen molar-refractivity contribution in [2.24, 2.45) is 0 Å². The highest BCUT2D eigenvalue weighted by Gasteiger charge is 2.18. The van der Waals surface area contributed by atoms with E-state index in [2.05, 4.69) is 37.8 Å². The Bertz CT molecular complexity index is 1120. The lowest BCUT2D eigenvalue weighted by Crippen LogP contribution is -2.44. The number of nitrogens with zero attached hydrogens (tertiary/aromatic N) is 2. The van der Waals surface area contributed by atoms with Gasteiger partial charge in [0, 0.05) is 57.8 Å². The third-order valence-electron chi connectivity index (χ3n) is 6.20. The van der Waals surface area contributed by atoms with E-state index in [0.29, 0.717) is 5.02 Å². The average molecular weight is 526 g/mol. The van der Waals surface area contributed by atoms with E-state index in [1.54, 1.807) is 0 Å². The molecule has 2 heterocycles. The zero-order valence-electron chi connectivity index (χ0n) is 19.0. The molecule has 0 bridgehead atoms. The van der Waals surface area contributed by atoms with Crippen molar-refractivity contribution < 1.29 is 4.79 Å². The van der Waals surface area contributed by atoms with Crippen LogP contribution in [0.5, 0.6) is 0 Å². The molecular weight excluding hydrogens is 496 g/mol. The lowest BCUT2D eigenvalue weighted by Gasteiger charge is -2.32. The molecule has 1 aromatic heterocycles. The second-order valence-corrected chi connectivity index (χ2v) is 10.0. The summed E-state index contributed by atoms with van der Waals surface area (Å²) in [4.78, 5) is 21.6. The van der Waals surface area contributed by atoms with E-state index in [1.165, 1.54) is 0 Å². The maximum Gasteiger partial charge on any atom is 0.209 e. The molecule has 0 amide bonds. The third kappa shape index (κ3) is 6.60. The highest BCUT2D eigenvalue weighted by molar-refractivity contribution is 9.10. The van der Waals surface area contributed by atoms with E-state index >= 15 is 0 Å². The maximum atomic E-state index is 13.2. The van der Waals surface area contributed by atoms with Crippen LogP contribution < -0.4 is 0 Å². The molecule has 0 aliphatic carbocycles. The summed E-state index contributed by atoms with van der Waals surface area (Å²) in [5.41, 5.74) is 3.63. The lowest BCUT2D eigenvalue weighted by atomic mass is 9.65. The quantitative estimate of drug-likeness (QED) is 0.273. The van der Waals surface area contributed by atoms with Crippen molar-refractivity contribution in [2.75, 3.05) is 39.8 Å². The average Bonchev–Trinajstić information content (AvgIpc) is 3.17. The molecule has 1 saturated heterocycles. The van der Waals surface area contributed by atoms with E-state index in [1.807, 2.05) is 61.9 Å². The Labute approximate surface area is 210 Å². The van der Waals surface area contributed by atoms with Gasteiger partial charge in [-0.05, 0) is 55.9 Å². The van der Waals surface area contributed by atoms with Crippen LogP contribution in [-0.2, 0) is 0 Å². The molecule has 4 rings (SSSR count). The first kappa shape index (κ1) is 24.3. The third-order valence-corrected chi connectivity index (χ3v) is 6.95. The molecule has 1 aliphatic rings. The number of aromatic nitrogens is 1. The minimum absolute atomic E-state index is 0.0823. The van der Waals surface area contributed by atoms with Crippen LogP contribution in [0.1, 0.15) is 34.5 Å². The van der Waals surface area contributed by atoms with Gasteiger partial charge in [-0.3, -0.25) is 0 Å². The summed E-state index contributed by atoms with van der Waals surface area (Å²) in [6.07, 6.45) is 6.93. The Morgan fingerprint density at radius 2 is 1.85 bits per heavy atom. The van der Waals surface area contributed by atoms with Gasteiger partial charge in [0.15, 0.2) is 0 Å². The Balaban J connectivity index is 1.41. The number of aromatic amines is 1. The van der Waals surface area contributed by atoms with Crippen molar-refractivity contribution in [3.05, 3.63) is 68.8 Å². The first-order valence-electron chi connectivity index (χ1n) is 11.5. The van der Waals surface area contributed by atoms with Crippen molar-refractivity contribution in [2.45, 2.75) is 19.2 Å². The minimum Gasteiger partial charge on any atom is -0.354 e. The number of likely N-dealkylation sites (N-methyl/N-ethyl adjacent to an activating group) is 1. The van der Waals surface area contributed by atoms with E-state index < -0.39 is 0 Å². The number of unbranched alkanes of at least 4 members (excludes halogenated alkanes) is 1. The first-order chi connectivity index (χ1) is 16.0. The summed E-state index contributed by atoms with van der Waals surface area (Å²) in [6, 6.07) is 13.7. The number of carbonyl (C=O) groups excluding carboxylic acids is 1. The Hall–Kier alpha value is -1.86. The fraction of sp³-hybridized carbons (Fsp3) is 0.346. The number of H-pyrrole nitrogens is 1. The van der Waals surface area contributed by atoms with Gasteiger partial charge in [-0.25, -0.2) is 0 Å². The molecule has 0 saturated carbocycles. The normalized spacial score (nSPS) is 15.5. The van der Waals surface area contributed by atoms with Crippen molar-refractivity contribution >= 4 is 63.5 Å². The number of carbonyl (C=O) groups is 1. The summed E-state index contributed by atoms with van der Waals surface area (Å²) in [5.74, 6) is 0. The van der Waals surface area contributed by atoms with Crippen LogP contribution in [0.3, 0.4) is 0 Å². The number of hydrogen-bond donors (Lipinski definition) is 1. The molecule has 1 aliphatic heterocycles. The zero-order chi connectivity index (χ0) is 23.2. The molecule has 4 nitrogen and oxygen atoms in total. The molecule has 1 radical (unpaired) electrons. The monoisotopic (exact) mass is 524 g/mol. The number of halogens is 2. The largest absolute Gasteiger partial charge is 0.354 e. The van der Waals surface area contributed by atoms with Crippen LogP contribution in [0.15, 0.2) is 46.9 Å². The highest BCUT2D eigenvalue weighted by Crippen LogP contribution is 2.27. The summed E-state index contributed by atoms with van der Waals surface area (Å²) in [7, 11) is 4.04. The number of piperazine rings is 1. The number of hydrogen-bond acceptors (Lipinski definition) is 3. The predicted molar refractivity (Wildman–Crippen MR) is 144 cm³/mol. The molecule has 0 unspecified atom stereocenters. The molecule has 171 valence electrons. The number of benzene rings is 2. The topological polar surface area (TPSA) is 39.3 Å². The maximum absolute atomic E-state index is 13.2. The summed E-state index contributed by atoms with van der Waals surface area (Å²) >= 11 is 9.53. The summed E-state index contributed by atoms with van der Waals surface area (Å²) in [6.45, 7) is 5.70. The number of nitrogens with one attached hydrogen (secondary N) is 1. The molecule has 7 heteroatoms. The van der Waals surface area contributed by atoms with E-state index in [9.17, 15) is 4.79 Å². The van der Waals surface area contributed by atoms with E-state index in [-0.39, 0.29) is 5.68 Å². The molecule has 1 N–H and O–H groups in total. The highest BCUT2D eigenvalue weighted by atomic mass is 79.9. The van der Waals surface area contributed by atoms with Crippen LogP contribution >= 0.6 is 27.5 Å². The second-order valence-electron chi connectivity index (χ2n) is 8.70. The van der Waals surface area contributed by atoms with Gasteiger partial charge in [0.25, 0.3) is 0 Å². The van der Waals surface area contributed by atoms with E-state index in [0.717, 1.165) is 84.1 Å². The smallest absolute Gasteiger partial charge is 0.209 e. The molecule has 1 fully saturated rings. The van der Waals surface area contributed by atoms with Crippen LogP contribution in [0.2, 0.25) is 11.3 Å². The Morgan fingerprint density at radius 1 is 1.09 bits per heavy atom. The van der Waals surface area contributed by atoms with Gasteiger partial charge in [-0.15, -0.1) is 0 Å². The van der Waals surface area contributed by atoms with E-state index in [4.69, 9.17) is 11.6 Å². The van der Waals surface area contributed by atoms with Crippen molar-refractivity contribution in [1.29, 1.82) is 0 Å². The first-order valence-corrected chi connectivity index (χ1v) is 12.7. The Morgan fingerprint density at radius 3 is 2.61 bits per heavy atom. The predicted octanol–water partition coefficient (Wildman–Crippen LogP) is 6.04. The van der Waals surface area contributed by atoms with Gasteiger partial charge in [0.2, 0.25) is 7.28 Å². The van der Waals surface area contributed by atoms with Crippen LogP contribution in [0.25, 0.3) is 23.1 Å². The van der Waals surface area contributed by atoms with Gasteiger partial charge < -0.3 is 19.6 Å². The summed E-state index contributed by atoms with van der Waals surface area (Å²) in [5, 5.41) is 1.66. The number of rotatable bonds is 9. The molecule has 2 aromatic carbocycles. The molecule has 3 aromatic rings. The second kappa shape index (κ2) is 11.5. The molecule has 33 heavy (non-hydrogen) atoms. The number of fused-ring (bicyclic) bond motifs is 1. The van der Waals surface area contributed by atoms with Gasteiger partial charge in [0.1, 0.15) is 5.68 Å². The van der Waals surface area contributed by atoms with Gasteiger partial charge in [-0.1, -0.05) is 64.5 Å². The standard InChI is InChI=1S/C26H29BBrClN3O/c1-31-14-16-32(17-15-31)13-3-2-12-27-26(33)25-22-10-7-20(28)18-24(22)30-23(25)11-6-19-4-8-21(29)9-5-19/h4-11,18,30H,2-3,12-17H2,1H3/b11-6+. The van der Waals surface area contributed by atoms with Gasteiger partial charge >= 0.3 is 0 Å². The molecule has 0 atom stereocenters. The van der Waals surface area contributed by atoms with Crippen LogP contribution in [0.4, 0.5) is 0 Å². The molecule has 0 spiro atoms. The zero-order valence-corrected chi connectivity index (χ0v) is 21.3. The summed E-state index contributed by atoms with van der Waals surface area (Å²) < 4.78 is 0.983. The Kier molecular flexibility index (Phi) is 8.47. The van der Waals surface area contributed by atoms with Crippen molar-refractivity contribution in [3.8, 4) is 0 Å².